The highest BCUT2D eigenvalue weighted by atomic mass is 16.5. The third kappa shape index (κ3) is 4.85. The van der Waals surface area contributed by atoms with E-state index in [0.29, 0.717) is 6.54 Å². The van der Waals surface area contributed by atoms with Crippen molar-refractivity contribution in [3.63, 3.8) is 0 Å². The molecular weight excluding hydrogens is 366 g/mol. The number of aromatic nitrogens is 2. The average molecular weight is 396 g/mol. The van der Waals surface area contributed by atoms with Gasteiger partial charge in [-0.3, -0.25) is 4.79 Å². The van der Waals surface area contributed by atoms with Crippen LogP contribution in [0.4, 0.5) is 11.5 Å². The summed E-state index contributed by atoms with van der Waals surface area (Å²) in [6, 6.07) is 8.27. The highest BCUT2D eigenvalue weighted by Crippen LogP contribution is 2.30. The molecule has 1 amide bonds. The van der Waals surface area contributed by atoms with Gasteiger partial charge in [0.1, 0.15) is 6.33 Å². The Balaban J connectivity index is 1.33. The molecule has 7 nitrogen and oxygen atoms in total. The van der Waals surface area contributed by atoms with E-state index in [9.17, 15) is 4.79 Å². The minimum absolute atomic E-state index is 0.0625. The first kappa shape index (κ1) is 19.6. The quantitative estimate of drug-likeness (QED) is 0.837. The topological polar surface area (TPSA) is 70.6 Å². The van der Waals surface area contributed by atoms with Gasteiger partial charge >= 0.3 is 0 Å². The molecule has 0 aliphatic carbocycles. The van der Waals surface area contributed by atoms with Crippen LogP contribution in [0.25, 0.3) is 0 Å². The molecule has 2 aromatic rings. The van der Waals surface area contributed by atoms with E-state index in [0.717, 1.165) is 69.3 Å². The molecule has 1 aromatic carbocycles. The Bertz CT molecular complexity index is 829. The van der Waals surface area contributed by atoms with Crippen LogP contribution in [0.15, 0.2) is 36.8 Å². The SMILES string of the molecule is Cc1cccc(CNC(=O)C2CCN(c3cncnc3N3CCOCC3)CC2)c1. The van der Waals surface area contributed by atoms with E-state index in [1.807, 2.05) is 12.3 Å². The number of hydrogen-bond donors (Lipinski definition) is 1. The number of nitrogens with zero attached hydrogens (tertiary/aromatic N) is 4. The maximum Gasteiger partial charge on any atom is 0.223 e. The van der Waals surface area contributed by atoms with Gasteiger partial charge in [-0.25, -0.2) is 9.97 Å². The molecule has 3 heterocycles. The standard InChI is InChI=1S/C22H29N5O2/c1-17-3-2-4-18(13-17)14-24-22(28)19-5-7-26(8-6-19)20-15-23-16-25-21(20)27-9-11-29-12-10-27/h2-4,13,15-16,19H,5-12,14H2,1H3,(H,24,28). The zero-order chi connectivity index (χ0) is 20.1. The highest BCUT2D eigenvalue weighted by molar-refractivity contribution is 5.79. The fourth-order valence-electron chi connectivity index (χ4n) is 4.10. The van der Waals surface area contributed by atoms with Crippen molar-refractivity contribution in [2.24, 2.45) is 5.92 Å². The normalized spacial score (nSPS) is 18.0. The van der Waals surface area contributed by atoms with Crippen LogP contribution in [0.1, 0.15) is 24.0 Å². The maximum atomic E-state index is 12.6. The number of morpholine rings is 1. The molecule has 2 saturated heterocycles. The average Bonchev–Trinajstić information content (AvgIpc) is 2.78. The summed E-state index contributed by atoms with van der Waals surface area (Å²) in [6.45, 7) is 7.50. The van der Waals surface area contributed by atoms with Gasteiger partial charge in [0.2, 0.25) is 5.91 Å². The lowest BCUT2D eigenvalue weighted by Gasteiger charge is -2.36. The Morgan fingerprint density at radius 1 is 1.17 bits per heavy atom. The third-order valence-corrected chi connectivity index (χ3v) is 5.74. The van der Waals surface area contributed by atoms with E-state index < -0.39 is 0 Å². The number of carbonyl (C=O) groups is 1. The second-order valence-electron chi connectivity index (χ2n) is 7.80. The van der Waals surface area contributed by atoms with E-state index >= 15 is 0 Å². The molecule has 2 aliphatic heterocycles. The molecule has 1 N–H and O–H groups in total. The lowest BCUT2D eigenvalue weighted by atomic mass is 9.95. The van der Waals surface area contributed by atoms with Gasteiger partial charge in [-0.05, 0) is 25.3 Å². The number of piperidine rings is 1. The van der Waals surface area contributed by atoms with Gasteiger partial charge in [0.15, 0.2) is 5.82 Å². The highest BCUT2D eigenvalue weighted by Gasteiger charge is 2.27. The van der Waals surface area contributed by atoms with Crippen LogP contribution in [0.3, 0.4) is 0 Å². The van der Waals surface area contributed by atoms with Gasteiger partial charge in [0, 0.05) is 38.6 Å². The molecule has 0 unspecified atom stereocenters. The first-order chi connectivity index (χ1) is 14.2. The predicted octanol–water partition coefficient (Wildman–Crippen LogP) is 2.15. The van der Waals surface area contributed by atoms with E-state index in [-0.39, 0.29) is 11.8 Å². The maximum absolute atomic E-state index is 12.6. The number of ether oxygens (including phenoxy) is 1. The molecule has 29 heavy (non-hydrogen) atoms. The smallest absolute Gasteiger partial charge is 0.223 e. The van der Waals surface area contributed by atoms with Crippen molar-refractivity contribution in [1.29, 1.82) is 0 Å². The first-order valence-corrected chi connectivity index (χ1v) is 10.4. The van der Waals surface area contributed by atoms with Crippen LogP contribution in [0, 0.1) is 12.8 Å². The molecule has 4 rings (SSSR count). The monoisotopic (exact) mass is 395 g/mol. The van der Waals surface area contributed by atoms with Crippen molar-refractivity contribution in [1.82, 2.24) is 15.3 Å². The first-order valence-electron chi connectivity index (χ1n) is 10.4. The summed E-state index contributed by atoms with van der Waals surface area (Å²) >= 11 is 0. The second kappa shape index (κ2) is 9.22. The number of anilines is 2. The molecule has 1 aromatic heterocycles. The minimum atomic E-state index is 0.0625. The van der Waals surface area contributed by atoms with Gasteiger partial charge in [0.05, 0.1) is 25.1 Å². The summed E-state index contributed by atoms with van der Waals surface area (Å²) in [5.74, 6) is 1.20. The summed E-state index contributed by atoms with van der Waals surface area (Å²) in [5, 5.41) is 3.11. The van der Waals surface area contributed by atoms with Crippen molar-refractivity contribution >= 4 is 17.4 Å². The Morgan fingerprint density at radius 3 is 2.72 bits per heavy atom. The molecule has 2 aliphatic rings. The van der Waals surface area contributed by atoms with Crippen LogP contribution in [-0.4, -0.2) is 55.3 Å². The molecule has 154 valence electrons. The third-order valence-electron chi connectivity index (χ3n) is 5.74. The van der Waals surface area contributed by atoms with Gasteiger partial charge in [0.25, 0.3) is 0 Å². The van der Waals surface area contributed by atoms with E-state index in [1.54, 1.807) is 6.33 Å². The van der Waals surface area contributed by atoms with Gasteiger partial charge in [-0.2, -0.15) is 0 Å². The van der Waals surface area contributed by atoms with Crippen LogP contribution < -0.4 is 15.1 Å². The van der Waals surface area contributed by atoms with Crippen molar-refractivity contribution in [2.45, 2.75) is 26.3 Å². The Morgan fingerprint density at radius 2 is 1.97 bits per heavy atom. The van der Waals surface area contributed by atoms with Crippen LogP contribution >= 0.6 is 0 Å². The summed E-state index contributed by atoms with van der Waals surface area (Å²) in [5.41, 5.74) is 3.42. The summed E-state index contributed by atoms with van der Waals surface area (Å²) in [4.78, 5) is 26.0. The predicted molar refractivity (Wildman–Crippen MR) is 113 cm³/mol. The van der Waals surface area contributed by atoms with Crippen molar-refractivity contribution in [3.8, 4) is 0 Å². The lowest BCUT2D eigenvalue weighted by Crippen LogP contribution is -2.42. The summed E-state index contributed by atoms with van der Waals surface area (Å²) in [7, 11) is 0. The summed E-state index contributed by atoms with van der Waals surface area (Å²) in [6.07, 6.45) is 5.20. The molecule has 0 atom stereocenters. The van der Waals surface area contributed by atoms with Crippen LogP contribution in [0.2, 0.25) is 0 Å². The molecule has 2 fully saturated rings. The number of benzene rings is 1. The Labute approximate surface area is 172 Å². The van der Waals surface area contributed by atoms with Crippen molar-refractivity contribution < 1.29 is 9.53 Å². The molecule has 0 spiro atoms. The molecule has 0 radical (unpaired) electrons. The number of hydrogen-bond acceptors (Lipinski definition) is 6. The van der Waals surface area contributed by atoms with E-state index in [1.165, 1.54) is 5.56 Å². The fraction of sp³-hybridized carbons (Fsp3) is 0.500. The zero-order valence-electron chi connectivity index (χ0n) is 17.0. The Hall–Kier alpha value is -2.67. The van der Waals surface area contributed by atoms with Gasteiger partial charge < -0.3 is 19.9 Å². The van der Waals surface area contributed by atoms with Crippen molar-refractivity contribution in [2.75, 3.05) is 49.2 Å². The molecule has 0 bridgehead atoms. The van der Waals surface area contributed by atoms with Crippen LogP contribution in [-0.2, 0) is 16.1 Å². The lowest BCUT2D eigenvalue weighted by molar-refractivity contribution is -0.125. The van der Waals surface area contributed by atoms with E-state index in [4.69, 9.17) is 4.74 Å². The minimum Gasteiger partial charge on any atom is -0.378 e. The number of aryl methyl sites for hydroxylation is 1. The second-order valence-corrected chi connectivity index (χ2v) is 7.80. The number of amides is 1. The number of carbonyl (C=O) groups excluding carboxylic acids is 1. The largest absolute Gasteiger partial charge is 0.378 e. The van der Waals surface area contributed by atoms with Crippen molar-refractivity contribution in [3.05, 3.63) is 47.9 Å². The van der Waals surface area contributed by atoms with Crippen LogP contribution in [0.5, 0.6) is 0 Å². The van der Waals surface area contributed by atoms with Gasteiger partial charge in [-0.1, -0.05) is 29.8 Å². The number of nitrogens with one attached hydrogen (secondary N) is 1. The zero-order valence-corrected chi connectivity index (χ0v) is 17.0. The summed E-state index contributed by atoms with van der Waals surface area (Å²) < 4.78 is 5.47. The molecule has 0 saturated carbocycles. The molecular formula is C22H29N5O2. The fourth-order valence-corrected chi connectivity index (χ4v) is 4.10. The number of rotatable bonds is 5. The van der Waals surface area contributed by atoms with E-state index in [2.05, 4.69) is 50.2 Å². The van der Waals surface area contributed by atoms with Gasteiger partial charge in [-0.15, -0.1) is 0 Å². The Kier molecular flexibility index (Phi) is 6.24. The molecule has 7 heteroatoms.